The lowest BCUT2D eigenvalue weighted by Crippen LogP contribution is -2.30. The fourth-order valence-electron chi connectivity index (χ4n) is 4.07. The number of aromatic nitrogens is 3. The Hall–Kier alpha value is -3.66. The topological polar surface area (TPSA) is 61.5 Å². The third kappa shape index (κ3) is 2.54. The van der Waals surface area contributed by atoms with E-state index in [0.717, 1.165) is 17.7 Å². The van der Waals surface area contributed by atoms with Crippen LogP contribution < -0.4 is 0 Å². The highest BCUT2D eigenvalue weighted by Crippen LogP contribution is 2.41. The van der Waals surface area contributed by atoms with Crippen molar-refractivity contribution in [2.24, 2.45) is 0 Å². The molecule has 0 spiro atoms. The lowest BCUT2D eigenvalue weighted by molar-refractivity contribution is 0.103. The average molecular weight is 365 g/mol. The van der Waals surface area contributed by atoms with Crippen molar-refractivity contribution >= 4 is 11.9 Å². The van der Waals surface area contributed by atoms with E-state index in [1.54, 1.807) is 18.5 Å². The van der Waals surface area contributed by atoms with Gasteiger partial charge in [-0.3, -0.25) is 9.89 Å². The number of hydrogen-bond donors (Lipinski definition) is 2. The van der Waals surface area contributed by atoms with Crippen LogP contribution in [0.3, 0.4) is 0 Å². The number of allylic oxidation sites excluding steroid dienone is 1. The number of hydrogen-bond acceptors (Lipinski definition) is 2. The van der Waals surface area contributed by atoms with Gasteiger partial charge in [0, 0.05) is 41.1 Å². The van der Waals surface area contributed by atoms with Gasteiger partial charge in [0.1, 0.15) is 5.69 Å². The first-order chi connectivity index (χ1) is 13.8. The number of H-pyrrole nitrogens is 2. The molecule has 2 heterocycles. The van der Waals surface area contributed by atoms with Crippen LogP contribution >= 0.6 is 0 Å². The van der Waals surface area contributed by atoms with E-state index >= 15 is 0 Å². The van der Waals surface area contributed by atoms with E-state index in [1.165, 1.54) is 11.1 Å². The van der Waals surface area contributed by atoms with E-state index in [9.17, 15) is 4.79 Å². The monoisotopic (exact) mass is 365 g/mol. The second kappa shape index (κ2) is 6.50. The van der Waals surface area contributed by atoms with Gasteiger partial charge in [0.25, 0.3) is 0 Å². The maximum atomic E-state index is 12.8. The van der Waals surface area contributed by atoms with Crippen LogP contribution in [0.2, 0.25) is 0 Å². The zero-order valence-corrected chi connectivity index (χ0v) is 15.2. The minimum Gasteiger partial charge on any atom is -0.367 e. The molecule has 5 rings (SSSR count). The second-order valence-corrected chi connectivity index (χ2v) is 7.11. The van der Waals surface area contributed by atoms with Gasteiger partial charge in [-0.2, -0.15) is 5.10 Å². The van der Waals surface area contributed by atoms with Gasteiger partial charge in [-0.05, 0) is 17.2 Å². The number of aromatic amines is 2. The summed E-state index contributed by atoms with van der Waals surface area (Å²) in [6, 6.07) is 22.7. The summed E-state index contributed by atoms with van der Waals surface area (Å²) in [6.45, 7) is 0. The summed E-state index contributed by atoms with van der Waals surface area (Å²) in [5.41, 5.74) is 5.10. The Morgan fingerprint density at radius 2 is 1.61 bits per heavy atom. The highest BCUT2D eigenvalue weighted by molar-refractivity contribution is 6.09. The fourth-order valence-corrected chi connectivity index (χ4v) is 4.07. The summed E-state index contributed by atoms with van der Waals surface area (Å²) in [7, 11) is 0. The number of fused-ring (bicyclic) bond motifs is 1. The number of benzene rings is 2. The van der Waals surface area contributed by atoms with Gasteiger partial charge >= 0.3 is 0 Å². The molecule has 1 aliphatic rings. The predicted octanol–water partition coefficient (Wildman–Crippen LogP) is 4.52. The lowest BCUT2D eigenvalue weighted by atomic mass is 9.68. The first kappa shape index (κ1) is 16.5. The Morgan fingerprint density at radius 3 is 2.21 bits per heavy atom. The maximum absolute atomic E-state index is 12.8. The average Bonchev–Trinajstić information content (AvgIpc) is 3.44. The molecule has 4 nitrogen and oxygen atoms in total. The normalized spacial score (nSPS) is 14.6. The molecule has 0 atom stereocenters. The summed E-state index contributed by atoms with van der Waals surface area (Å²) in [4.78, 5) is 15.7. The van der Waals surface area contributed by atoms with Gasteiger partial charge in [0.2, 0.25) is 5.78 Å². The van der Waals surface area contributed by atoms with Crippen LogP contribution in [0.4, 0.5) is 0 Å². The van der Waals surface area contributed by atoms with E-state index in [2.05, 4.69) is 69.8 Å². The van der Waals surface area contributed by atoms with Crippen LogP contribution in [-0.2, 0) is 11.8 Å². The van der Waals surface area contributed by atoms with Crippen LogP contribution in [0.25, 0.3) is 6.08 Å². The molecule has 0 bridgehead atoms. The molecule has 2 aromatic heterocycles. The van der Waals surface area contributed by atoms with Crippen LogP contribution in [0.1, 0.15) is 38.4 Å². The van der Waals surface area contributed by atoms with Crippen molar-refractivity contribution < 1.29 is 4.79 Å². The Labute approximate surface area is 162 Å². The molecule has 2 N–H and O–H groups in total. The molecule has 28 heavy (non-hydrogen) atoms. The van der Waals surface area contributed by atoms with Gasteiger partial charge in [0.05, 0.1) is 0 Å². The molecule has 0 amide bonds. The van der Waals surface area contributed by atoms with Gasteiger partial charge in [-0.25, -0.2) is 0 Å². The van der Waals surface area contributed by atoms with E-state index in [0.29, 0.717) is 11.3 Å². The summed E-state index contributed by atoms with van der Waals surface area (Å²) in [5, 5.41) is 7.50. The van der Waals surface area contributed by atoms with Crippen molar-refractivity contribution in [3.05, 3.63) is 119 Å². The van der Waals surface area contributed by atoms with Crippen molar-refractivity contribution in [2.75, 3.05) is 0 Å². The summed E-state index contributed by atoms with van der Waals surface area (Å²) in [6.07, 6.45) is 8.43. The number of nitrogens with zero attached hydrogens (tertiary/aromatic N) is 1. The highest BCUT2D eigenvalue weighted by atomic mass is 16.1. The first-order valence-electron chi connectivity index (χ1n) is 9.33. The van der Waals surface area contributed by atoms with Crippen molar-refractivity contribution in [3.63, 3.8) is 0 Å². The lowest BCUT2D eigenvalue weighted by Gasteiger charge is -2.34. The molecule has 0 radical (unpaired) electrons. The predicted molar refractivity (Wildman–Crippen MR) is 109 cm³/mol. The molecule has 4 aromatic rings. The number of ketones is 1. The van der Waals surface area contributed by atoms with E-state index in [-0.39, 0.29) is 11.2 Å². The zero-order valence-electron chi connectivity index (χ0n) is 15.2. The van der Waals surface area contributed by atoms with Crippen LogP contribution in [-0.4, -0.2) is 21.0 Å². The molecule has 4 heteroatoms. The summed E-state index contributed by atoms with van der Waals surface area (Å²) < 4.78 is 0. The Morgan fingerprint density at radius 1 is 0.929 bits per heavy atom. The molecule has 0 saturated carbocycles. The molecular formula is C24H19N3O. The Bertz CT molecular complexity index is 1100. The maximum Gasteiger partial charge on any atom is 0.215 e. The Kier molecular flexibility index (Phi) is 3.83. The van der Waals surface area contributed by atoms with Crippen LogP contribution in [0.5, 0.6) is 0 Å². The van der Waals surface area contributed by atoms with E-state index in [4.69, 9.17) is 0 Å². The molecule has 2 aromatic carbocycles. The summed E-state index contributed by atoms with van der Waals surface area (Å²) in [5.74, 6) is -0.0738. The van der Waals surface area contributed by atoms with Crippen LogP contribution in [0, 0.1) is 0 Å². The molecule has 0 fully saturated rings. The molecule has 136 valence electrons. The van der Waals surface area contributed by atoms with Crippen molar-refractivity contribution in [1.82, 2.24) is 15.2 Å². The smallest absolute Gasteiger partial charge is 0.215 e. The van der Waals surface area contributed by atoms with Crippen molar-refractivity contribution in [3.8, 4) is 0 Å². The van der Waals surface area contributed by atoms with Crippen molar-refractivity contribution in [2.45, 2.75) is 11.8 Å². The Balaban J connectivity index is 1.62. The fraction of sp³-hybridized carbons (Fsp3) is 0.0833. The number of carbonyl (C=O) groups excluding carboxylic acids is 1. The zero-order chi connectivity index (χ0) is 19.0. The molecule has 0 aliphatic heterocycles. The minimum atomic E-state index is -0.295. The van der Waals surface area contributed by atoms with E-state index in [1.807, 2.05) is 18.2 Å². The van der Waals surface area contributed by atoms with Gasteiger partial charge in [0.15, 0.2) is 0 Å². The second-order valence-electron chi connectivity index (χ2n) is 7.11. The molecule has 0 unspecified atom stereocenters. The third-order valence-electron chi connectivity index (χ3n) is 5.53. The molecule has 0 saturated heterocycles. The minimum absolute atomic E-state index is 0.0738. The largest absolute Gasteiger partial charge is 0.367 e. The van der Waals surface area contributed by atoms with Crippen molar-refractivity contribution in [1.29, 1.82) is 0 Å². The third-order valence-corrected chi connectivity index (χ3v) is 5.53. The van der Waals surface area contributed by atoms with Gasteiger partial charge in [-0.1, -0.05) is 72.8 Å². The summed E-state index contributed by atoms with van der Waals surface area (Å²) >= 11 is 0. The number of nitrogens with one attached hydrogen (secondary N) is 2. The number of carbonyl (C=O) groups is 1. The van der Waals surface area contributed by atoms with Gasteiger partial charge < -0.3 is 4.98 Å². The highest BCUT2D eigenvalue weighted by Gasteiger charge is 2.37. The standard InChI is InChI=1S/C24H19N3O/c28-23(17-12-14-25-16-17)22-20-11-13-24(15-21(20)26-27-22,18-7-3-1-4-8-18)19-9-5-2-6-10-19/h1-14,16,25H,15H2,(H,26,27). The number of rotatable bonds is 4. The quantitative estimate of drug-likeness (QED) is 0.522. The first-order valence-corrected chi connectivity index (χ1v) is 9.33. The van der Waals surface area contributed by atoms with Crippen LogP contribution in [0.15, 0.2) is 85.2 Å². The van der Waals surface area contributed by atoms with E-state index < -0.39 is 0 Å². The molecule has 1 aliphatic carbocycles. The SMILES string of the molecule is O=C(c1cc[nH]c1)c1n[nH]c2c1C=CC(c1ccccc1)(c1ccccc1)C2. The van der Waals surface area contributed by atoms with Gasteiger partial charge in [-0.15, -0.1) is 0 Å². The molecular weight excluding hydrogens is 346 g/mol.